The van der Waals surface area contributed by atoms with Crippen LogP contribution in [0, 0.1) is 0 Å². The third kappa shape index (κ3) is 2.50. The van der Waals surface area contributed by atoms with Crippen molar-refractivity contribution in [2.24, 2.45) is 0 Å². The summed E-state index contributed by atoms with van der Waals surface area (Å²) < 4.78 is 1.06. The summed E-state index contributed by atoms with van der Waals surface area (Å²) in [6, 6.07) is 15.6. The van der Waals surface area contributed by atoms with E-state index in [9.17, 15) is 5.11 Å². The molecule has 1 aliphatic heterocycles. The minimum absolute atomic E-state index is 0.0997. The van der Waals surface area contributed by atoms with Crippen molar-refractivity contribution < 1.29 is 5.11 Å². The van der Waals surface area contributed by atoms with Crippen LogP contribution in [0.2, 0.25) is 0 Å². The number of para-hydroxylation sites is 1. The van der Waals surface area contributed by atoms with Crippen molar-refractivity contribution >= 4 is 21.6 Å². The highest BCUT2D eigenvalue weighted by Crippen LogP contribution is 2.29. The number of hydrogen-bond donors (Lipinski definition) is 3. The van der Waals surface area contributed by atoms with Crippen LogP contribution in [-0.2, 0) is 0 Å². The van der Waals surface area contributed by atoms with Gasteiger partial charge in [0.15, 0.2) is 0 Å². The van der Waals surface area contributed by atoms with Crippen molar-refractivity contribution in [3.8, 4) is 5.75 Å². The van der Waals surface area contributed by atoms with E-state index in [4.69, 9.17) is 0 Å². The molecule has 0 amide bonds. The van der Waals surface area contributed by atoms with Crippen LogP contribution in [0.25, 0.3) is 5.70 Å². The monoisotopic (exact) mass is 316 g/mol. The summed E-state index contributed by atoms with van der Waals surface area (Å²) in [5.74, 6) is 0.277. The third-order valence-corrected chi connectivity index (χ3v) is 3.65. The Labute approximate surface area is 120 Å². The summed E-state index contributed by atoms with van der Waals surface area (Å²) in [5, 5.41) is 9.85. The molecule has 19 heavy (non-hydrogen) atoms. The first-order chi connectivity index (χ1) is 9.24. The number of phenols is 1. The number of rotatable bonds is 2. The quantitative estimate of drug-likeness (QED) is 0.796. The molecular weight excluding hydrogens is 304 g/mol. The van der Waals surface area contributed by atoms with Gasteiger partial charge in [0, 0.05) is 10.0 Å². The molecule has 0 spiro atoms. The van der Waals surface area contributed by atoms with Gasteiger partial charge in [0.2, 0.25) is 0 Å². The lowest BCUT2D eigenvalue weighted by atomic mass is 10.1. The number of hydrazine groups is 1. The van der Waals surface area contributed by atoms with E-state index >= 15 is 0 Å². The Morgan fingerprint density at radius 2 is 1.74 bits per heavy atom. The van der Waals surface area contributed by atoms with E-state index in [1.54, 1.807) is 6.07 Å². The van der Waals surface area contributed by atoms with E-state index in [0.29, 0.717) is 0 Å². The van der Waals surface area contributed by atoms with Crippen LogP contribution in [-0.4, -0.2) is 5.11 Å². The van der Waals surface area contributed by atoms with Gasteiger partial charge in [-0.1, -0.05) is 40.2 Å². The summed E-state index contributed by atoms with van der Waals surface area (Å²) in [4.78, 5) is 0. The van der Waals surface area contributed by atoms with Gasteiger partial charge in [-0.15, -0.1) is 0 Å². The standard InChI is InChI=1S/C15H13BrN2O/c16-11-7-5-10(6-8-11)13-9-14(18-17-13)12-3-1-2-4-15(12)19/h1-9,13,17-19H. The molecular formula is C15H13BrN2O. The Morgan fingerprint density at radius 3 is 2.47 bits per heavy atom. The highest BCUT2D eigenvalue weighted by Gasteiger charge is 2.18. The minimum Gasteiger partial charge on any atom is -0.507 e. The van der Waals surface area contributed by atoms with Crippen LogP contribution >= 0.6 is 15.9 Å². The zero-order chi connectivity index (χ0) is 13.2. The predicted molar refractivity (Wildman–Crippen MR) is 79.2 cm³/mol. The Hall–Kier alpha value is -1.78. The molecule has 4 heteroatoms. The van der Waals surface area contributed by atoms with Gasteiger partial charge < -0.3 is 10.5 Å². The molecule has 0 radical (unpaired) electrons. The number of benzene rings is 2. The number of phenolic OH excluding ortho intramolecular Hbond substituents is 1. The largest absolute Gasteiger partial charge is 0.507 e. The first-order valence-corrected chi connectivity index (χ1v) is 6.80. The highest BCUT2D eigenvalue weighted by atomic mass is 79.9. The maximum atomic E-state index is 9.85. The van der Waals surface area contributed by atoms with E-state index in [1.807, 2.05) is 30.3 Å². The molecule has 2 aromatic rings. The lowest BCUT2D eigenvalue weighted by Gasteiger charge is -2.09. The molecule has 1 unspecified atom stereocenters. The second-order valence-electron chi connectivity index (χ2n) is 4.40. The second kappa shape index (κ2) is 5.07. The lowest BCUT2D eigenvalue weighted by molar-refractivity contribution is 0.473. The topological polar surface area (TPSA) is 44.3 Å². The number of hydrogen-bond acceptors (Lipinski definition) is 3. The van der Waals surface area contributed by atoms with Crippen LogP contribution < -0.4 is 10.9 Å². The molecule has 1 heterocycles. The predicted octanol–water partition coefficient (Wildman–Crippen LogP) is 3.34. The number of aromatic hydroxyl groups is 1. The Bertz CT molecular complexity index is 622. The smallest absolute Gasteiger partial charge is 0.124 e. The van der Waals surface area contributed by atoms with Crippen LogP contribution in [0.5, 0.6) is 5.75 Å². The summed E-state index contributed by atoms with van der Waals surface area (Å²) in [7, 11) is 0. The molecule has 0 aromatic heterocycles. The number of nitrogens with one attached hydrogen (secondary N) is 2. The third-order valence-electron chi connectivity index (χ3n) is 3.12. The average molecular weight is 317 g/mol. The molecule has 0 aliphatic carbocycles. The Morgan fingerprint density at radius 1 is 1.00 bits per heavy atom. The van der Waals surface area contributed by atoms with Gasteiger partial charge >= 0.3 is 0 Å². The summed E-state index contributed by atoms with van der Waals surface area (Å²) >= 11 is 3.43. The Balaban J connectivity index is 1.89. The first kappa shape index (κ1) is 12.3. The van der Waals surface area contributed by atoms with E-state index in [0.717, 1.165) is 15.7 Å². The van der Waals surface area contributed by atoms with E-state index in [2.05, 4.69) is 45.0 Å². The molecule has 0 bridgehead atoms. The molecule has 0 saturated heterocycles. The molecule has 3 rings (SSSR count). The molecule has 1 aliphatic rings. The van der Waals surface area contributed by atoms with Gasteiger partial charge in [-0.05, 0) is 35.9 Å². The van der Waals surface area contributed by atoms with E-state index < -0.39 is 0 Å². The lowest BCUT2D eigenvalue weighted by Crippen LogP contribution is -2.26. The minimum atomic E-state index is 0.0997. The van der Waals surface area contributed by atoms with Crippen LogP contribution in [0.1, 0.15) is 17.2 Å². The molecule has 1 atom stereocenters. The second-order valence-corrected chi connectivity index (χ2v) is 5.31. The van der Waals surface area contributed by atoms with Gasteiger partial charge in [-0.2, -0.15) is 0 Å². The van der Waals surface area contributed by atoms with Gasteiger partial charge in [0.1, 0.15) is 5.75 Å². The fraction of sp³-hybridized carbons (Fsp3) is 0.0667. The van der Waals surface area contributed by atoms with Crippen LogP contribution in [0.4, 0.5) is 0 Å². The summed E-state index contributed by atoms with van der Waals surface area (Å²) in [6.07, 6.45) is 2.07. The fourth-order valence-corrected chi connectivity index (χ4v) is 2.38. The molecule has 2 aromatic carbocycles. The van der Waals surface area contributed by atoms with Crippen molar-refractivity contribution in [2.45, 2.75) is 6.04 Å². The van der Waals surface area contributed by atoms with Crippen molar-refractivity contribution in [3.63, 3.8) is 0 Å². The zero-order valence-corrected chi connectivity index (χ0v) is 11.7. The molecule has 0 saturated carbocycles. The van der Waals surface area contributed by atoms with E-state index in [1.165, 1.54) is 5.56 Å². The Kier molecular flexibility index (Phi) is 3.27. The van der Waals surface area contributed by atoms with Gasteiger partial charge in [-0.25, -0.2) is 5.43 Å². The van der Waals surface area contributed by atoms with Gasteiger partial charge in [0.05, 0.1) is 11.7 Å². The van der Waals surface area contributed by atoms with Gasteiger partial charge in [-0.3, -0.25) is 0 Å². The van der Waals surface area contributed by atoms with Crippen LogP contribution in [0.15, 0.2) is 59.1 Å². The van der Waals surface area contributed by atoms with Crippen molar-refractivity contribution in [3.05, 3.63) is 70.2 Å². The summed E-state index contributed by atoms with van der Waals surface area (Å²) in [5.41, 5.74) is 9.18. The molecule has 0 fully saturated rings. The molecule has 3 nitrogen and oxygen atoms in total. The molecule has 3 N–H and O–H groups in total. The SMILES string of the molecule is Oc1ccccc1C1=CC(c2ccc(Br)cc2)NN1. The fourth-order valence-electron chi connectivity index (χ4n) is 2.11. The maximum Gasteiger partial charge on any atom is 0.124 e. The molecule has 96 valence electrons. The van der Waals surface area contributed by atoms with Crippen molar-refractivity contribution in [1.29, 1.82) is 0 Å². The first-order valence-electron chi connectivity index (χ1n) is 6.01. The normalized spacial score (nSPS) is 17.9. The van der Waals surface area contributed by atoms with Gasteiger partial charge in [0.25, 0.3) is 0 Å². The van der Waals surface area contributed by atoms with Crippen LogP contribution in [0.3, 0.4) is 0 Å². The average Bonchev–Trinajstić information content (AvgIpc) is 2.89. The maximum absolute atomic E-state index is 9.85. The van der Waals surface area contributed by atoms with E-state index in [-0.39, 0.29) is 11.8 Å². The van der Waals surface area contributed by atoms with Crippen molar-refractivity contribution in [1.82, 2.24) is 10.9 Å². The zero-order valence-electron chi connectivity index (χ0n) is 10.1. The summed E-state index contributed by atoms with van der Waals surface area (Å²) in [6.45, 7) is 0. The highest BCUT2D eigenvalue weighted by molar-refractivity contribution is 9.10. The van der Waals surface area contributed by atoms with Crippen molar-refractivity contribution in [2.75, 3.05) is 0 Å². The number of halogens is 1.